The summed E-state index contributed by atoms with van der Waals surface area (Å²) in [5.41, 5.74) is 20.2. The molecule has 0 saturated carbocycles. The first-order chi connectivity index (χ1) is 41.5. The van der Waals surface area contributed by atoms with E-state index >= 15 is 0 Å². The van der Waals surface area contributed by atoms with Gasteiger partial charge in [-0.25, -0.2) is 0 Å². The second kappa shape index (κ2) is 19.2. The van der Waals surface area contributed by atoms with Gasteiger partial charge in [-0.1, -0.05) is 239 Å². The van der Waals surface area contributed by atoms with Gasteiger partial charge >= 0.3 is 0 Å². The van der Waals surface area contributed by atoms with E-state index in [1.165, 1.54) is 65.7 Å². The number of anilines is 6. The molecule has 4 nitrogen and oxygen atoms in total. The van der Waals surface area contributed by atoms with Gasteiger partial charge in [0.15, 0.2) is 11.2 Å². The SMILES string of the molecule is C[Si](C)(C)C1([Si](C)(C)C)c2cc(N(c3cccc(-c4ccccc4)c3)c3cccc4c3oc3ccccc34)c3ccccc3c2-c2c1c1ccc(N(c3cccc(-c4ccccc4)c3)c3cccc4c3oc3ccccc34)cc1c1ccccc21. The van der Waals surface area contributed by atoms with Crippen molar-refractivity contribution in [1.29, 1.82) is 0 Å². The van der Waals surface area contributed by atoms with E-state index in [2.05, 4.69) is 316 Å². The maximum atomic E-state index is 7.03. The topological polar surface area (TPSA) is 32.8 Å². The number of para-hydroxylation sites is 4. The van der Waals surface area contributed by atoms with Crippen LogP contribution in [0.2, 0.25) is 39.3 Å². The second-order valence-corrected chi connectivity index (χ2v) is 36.1. The molecular weight excluding hydrogens is 1070 g/mol. The molecule has 6 heteroatoms. The van der Waals surface area contributed by atoms with Crippen LogP contribution in [0.3, 0.4) is 0 Å². The van der Waals surface area contributed by atoms with E-state index in [9.17, 15) is 0 Å². The van der Waals surface area contributed by atoms with Crippen molar-refractivity contribution in [3.8, 4) is 33.4 Å². The quantitative estimate of drug-likeness (QED) is 0.101. The molecule has 13 aromatic carbocycles. The highest BCUT2D eigenvalue weighted by atomic mass is 28.4. The lowest BCUT2D eigenvalue weighted by atomic mass is 9.89. The van der Waals surface area contributed by atoms with Crippen LogP contribution in [0.15, 0.2) is 276 Å². The third-order valence-corrected chi connectivity index (χ3v) is 28.5. The van der Waals surface area contributed by atoms with Gasteiger partial charge in [-0.05, 0) is 138 Å². The van der Waals surface area contributed by atoms with Crippen LogP contribution in [0.25, 0.3) is 110 Å². The fraction of sp³-hybridized carbons (Fsp3) is 0.0886. The Hall–Kier alpha value is -9.73. The zero-order valence-electron chi connectivity index (χ0n) is 48.6. The molecule has 0 N–H and O–H groups in total. The Bertz CT molecular complexity index is 5170. The molecule has 15 aromatic rings. The summed E-state index contributed by atoms with van der Waals surface area (Å²) in [6.07, 6.45) is 0. The van der Waals surface area contributed by atoms with Gasteiger partial charge in [0, 0.05) is 48.7 Å². The van der Waals surface area contributed by atoms with E-state index in [0.717, 1.165) is 89.1 Å². The summed E-state index contributed by atoms with van der Waals surface area (Å²) in [6, 6.07) is 98.3. The van der Waals surface area contributed by atoms with Crippen molar-refractivity contribution < 1.29 is 8.83 Å². The minimum atomic E-state index is -2.36. The highest BCUT2D eigenvalue weighted by Gasteiger charge is 2.61. The molecule has 0 bridgehead atoms. The number of furan rings is 2. The smallest absolute Gasteiger partial charge is 0.159 e. The minimum absolute atomic E-state index is 0.278. The number of hydrogen-bond acceptors (Lipinski definition) is 4. The van der Waals surface area contributed by atoms with E-state index in [1.807, 2.05) is 0 Å². The average molecular weight is 1130 g/mol. The van der Waals surface area contributed by atoms with Crippen molar-refractivity contribution in [2.45, 2.75) is 43.9 Å². The predicted octanol–water partition coefficient (Wildman–Crippen LogP) is 23.2. The van der Waals surface area contributed by atoms with Gasteiger partial charge in [0.25, 0.3) is 0 Å². The van der Waals surface area contributed by atoms with E-state index in [-0.39, 0.29) is 4.66 Å². The van der Waals surface area contributed by atoms with Crippen LogP contribution in [0, 0.1) is 0 Å². The fourth-order valence-corrected chi connectivity index (χ4v) is 28.5. The van der Waals surface area contributed by atoms with E-state index in [1.54, 1.807) is 0 Å². The van der Waals surface area contributed by atoms with Crippen molar-refractivity contribution in [3.63, 3.8) is 0 Å². The van der Waals surface area contributed by atoms with Crippen LogP contribution in [-0.2, 0) is 4.66 Å². The number of hydrogen-bond donors (Lipinski definition) is 0. The summed E-state index contributed by atoms with van der Waals surface area (Å²) in [5.74, 6) is 0. The van der Waals surface area contributed by atoms with Crippen molar-refractivity contribution in [2.24, 2.45) is 0 Å². The lowest BCUT2D eigenvalue weighted by molar-refractivity contribution is 0.668. The van der Waals surface area contributed by atoms with Gasteiger partial charge in [0.1, 0.15) is 11.2 Å². The maximum Gasteiger partial charge on any atom is 0.159 e. The molecule has 16 rings (SSSR count). The summed E-state index contributed by atoms with van der Waals surface area (Å²) in [6.45, 7) is 15.9. The summed E-state index contributed by atoms with van der Waals surface area (Å²) >= 11 is 0. The van der Waals surface area contributed by atoms with Gasteiger partial charge in [0.05, 0.1) is 33.2 Å². The maximum absolute atomic E-state index is 7.03. The molecule has 0 fully saturated rings. The van der Waals surface area contributed by atoms with Gasteiger partial charge in [-0.15, -0.1) is 0 Å². The Morgan fingerprint density at radius 1 is 0.282 bits per heavy atom. The Labute approximate surface area is 497 Å². The molecule has 0 unspecified atom stereocenters. The van der Waals surface area contributed by atoms with Crippen LogP contribution in [0.1, 0.15) is 11.1 Å². The lowest BCUT2D eigenvalue weighted by Crippen LogP contribution is -2.63. The van der Waals surface area contributed by atoms with Gasteiger partial charge in [0.2, 0.25) is 0 Å². The minimum Gasteiger partial charge on any atom is -0.454 e. The first kappa shape index (κ1) is 51.0. The Balaban J connectivity index is 0.996. The van der Waals surface area contributed by atoms with E-state index < -0.39 is 16.1 Å². The molecule has 2 heterocycles. The lowest BCUT2D eigenvalue weighted by Gasteiger charge is -2.52. The van der Waals surface area contributed by atoms with Gasteiger partial charge in [-0.3, -0.25) is 0 Å². The molecule has 0 spiro atoms. The second-order valence-electron chi connectivity index (χ2n) is 25.1. The Morgan fingerprint density at radius 3 is 1.26 bits per heavy atom. The number of rotatable bonds is 10. The third kappa shape index (κ3) is 7.64. The van der Waals surface area contributed by atoms with Crippen LogP contribution >= 0.6 is 0 Å². The summed E-state index contributed by atoms with van der Waals surface area (Å²) in [7, 11) is -4.73. The van der Waals surface area contributed by atoms with Crippen molar-refractivity contribution >= 4 is 126 Å². The summed E-state index contributed by atoms with van der Waals surface area (Å²) < 4.78 is 13.7. The van der Waals surface area contributed by atoms with Crippen molar-refractivity contribution in [1.82, 2.24) is 0 Å². The molecular formula is C79H62N2O2Si2. The van der Waals surface area contributed by atoms with Crippen molar-refractivity contribution in [3.05, 3.63) is 278 Å². The van der Waals surface area contributed by atoms with E-state index in [0.29, 0.717) is 0 Å². The highest BCUT2D eigenvalue weighted by molar-refractivity contribution is 7.00. The number of nitrogens with zero attached hydrogens (tertiary/aromatic N) is 2. The first-order valence-corrected chi connectivity index (χ1v) is 36.7. The Kier molecular flexibility index (Phi) is 11.5. The standard InChI is InChI=1S/C79H62N2O2Si2/c1-84(2,3)79(85(4,5)6)68-50-71(81(56-32-22-30-54(48-56)52-27-11-8-12-28-52)70-42-24-40-66-61-36-18-20-44-73(61)83-78(66)70)59-34-14-16-38-63(59)74(68)75-62-37-15-13-33-58(62)67-49-57(45-46-64(67)76(75)79)80(55-31-21-29-53(47-55)51-25-9-7-10-26-51)69-41-23-39-65-60-35-17-19-43-72(60)82-77(65)69/h7-50H,1-6H3. The normalized spacial score (nSPS) is 13.2. The molecule has 0 aliphatic heterocycles. The molecule has 0 radical (unpaired) electrons. The van der Waals surface area contributed by atoms with E-state index in [4.69, 9.17) is 8.83 Å². The highest BCUT2D eigenvalue weighted by Crippen LogP contribution is 2.65. The van der Waals surface area contributed by atoms with Crippen molar-refractivity contribution in [2.75, 3.05) is 9.80 Å². The number of benzene rings is 13. The summed E-state index contributed by atoms with van der Waals surface area (Å²) in [5, 5.41) is 12.0. The molecule has 1 aliphatic carbocycles. The molecule has 85 heavy (non-hydrogen) atoms. The molecule has 408 valence electrons. The first-order valence-electron chi connectivity index (χ1n) is 29.7. The molecule has 0 saturated heterocycles. The predicted molar refractivity (Wildman–Crippen MR) is 367 cm³/mol. The van der Waals surface area contributed by atoms with Crippen LogP contribution < -0.4 is 9.80 Å². The molecule has 0 atom stereocenters. The monoisotopic (exact) mass is 1130 g/mol. The van der Waals surface area contributed by atoms with Crippen LogP contribution in [0.4, 0.5) is 34.1 Å². The van der Waals surface area contributed by atoms with Gasteiger partial charge in [-0.2, -0.15) is 0 Å². The fourth-order valence-electron chi connectivity index (χ4n) is 15.5. The molecule has 2 aromatic heterocycles. The molecule has 1 aliphatic rings. The largest absolute Gasteiger partial charge is 0.454 e. The summed E-state index contributed by atoms with van der Waals surface area (Å²) in [4.78, 5) is 4.95. The third-order valence-electron chi connectivity index (χ3n) is 18.5. The number of fused-ring (bicyclic) bond motifs is 16. The van der Waals surface area contributed by atoms with Crippen LogP contribution in [0.5, 0.6) is 0 Å². The van der Waals surface area contributed by atoms with Crippen LogP contribution in [-0.4, -0.2) is 16.1 Å². The Morgan fingerprint density at radius 2 is 0.706 bits per heavy atom. The zero-order valence-corrected chi connectivity index (χ0v) is 50.6. The zero-order chi connectivity index (χ0) is 57.3. The molecule has 0 amide bonds. The van der Waals surface area contributed by atoms with Gasteiger partial charge < -0.3 is 18.6 Å². The average Bonchev–Trinajstić information content (AvgIpc) is 1.53.